The molecule has 5 rings (SSSR count). The predicted molar refractivity (Wildman–Crippen MR) is 151 cm³/mol. The van der Waals surface area contributed by atoms with Gasteiger partial charge in [-0.05, 0) is 12.1 Å². The van der Waals surface area contributed by atoms with E-state index in [0.29, 0.717) is 10.0 Å². The number of benzene rings is 2. The molecule has 3 amide bonds. The number of nitro groups is 2. The zero-order valence-corrected chi connectivity index (χ0v) is 24.8. The van der Waals surface area contributed by atoms with Crippen LogP contribution < -0.4 is 0 Å². The van der Waals surface area contributed by atoms with Crippen molar-refractivity contribution in [1.29, 1.82) is 0 Å². The van der Waals surface area contributed by atoms with E-state index in [1.54, 1.807) is 0 Å². The van der Waals surface area contributed by atoms with Gasteiger partial charge in [-0.3, -0.25) is 39.4 Å². The van der Waals surface area contributed by atoms with Gasteiger partial charge in [-0.25, -0.2) is 5.01 Å². The Hall–Kier alpha value is -3.00. The molecule has 218 valence electrons. The standard InChI is InChI=1S/C24H12Cl6N4O8/c25-17-18(26)23(28)16-15(22(17,27)24(23,29)30)20(37)32(21(16)38)31(19(36)10-4-6-12(7-5-10)33(39)40)9-14(35)11-2-1-3-13(8-11)34(41)42/h1-8,15-16H,9H2/t15-,16-,22+,23+/m0/s1. The van der Waals surface area contributed by atoms with Crippen LogP contribution in [0, 0.1) is 32.1 Å². The van der Waals surface area contributed by atoms with Crippen LogP contribution in [0.5, 0.6) is 0 Å². The van der Waals surface area contributed by atoms with E-state index >= 15 is 0 Å². The maximum absolute atomic E-state index is 13.9. The lowest BCUT2D eigenvalue weighted by atomic mass is 9.84. The molecule has 0 unspecified atom stereocenters. The van der Waals surface area contributed by atoms with Crippen LogP contribution in [0.3, 0.4) is 0 Å². The molecule has 4 atom stereocenters. The molecule has 0 radical (unpaired) electrons. The number of hydrogen-bond donors (Lipinski definition) is 0. The second kappa shape index (κ2) is 10.0. The van der Waals surface area contributed by atoms with E-state index in [2.05, 4.69) is 0 Å². The average Bonchev–Trinajstić information content (AvgIpc) is 3.34. The molecule has 18 heteroatoms. The van der Waals surface area contributed by atoms with Crippen molar-refractivity contribution in [3.8, 4) is 0 Å². The number of ketones is 1. The van der Waals surface area contributed by atoms with E-state index in [0.717, 1.165) is 36.4 Å². The number of rotatable bonds is 7. The van der Waals surface area contributed by atoms with Crippen LogP contribution >= 0.6 is 69.6 Å². The van der Waals surface area contributed by atoms with Crippen LogP contribution in [0.4, 0.5) is 11.4 Å². The van der Waals surface area contributed by atoms with Gasteiger partial charge in [0.1, 0.15) is 16.3 Å². The minimum atomic E-state index is -2.25. The molecule has 2 aliphatic carbocycles. The normalized spacial score (nSPS) is 27.3. The SMILES string of the molecule is O=C(CN(C(=O)c1ccc([N+](=O)[O-])cc1)N1C(=O)[C@@H]2[C@@H](C1=O)[C@@]1(Cl)C(Cl)=C(Cl)[C@@]2(Cl)C1(Cl)Cl)c1cccc([N+](=O)[O-])c1. The van der Waals surface area contributed by atoms with Crippen LogP contribution in [0.2, 0.25) is 0 Å². The van der Waals surface area contributed by atoms with Crippen molar-refractivity contribution < 1.29 is 29.0 Å². The molecule has 1 saturated heterocycles. The highest BCUT2D eigenvalue weighted by Crippen LogP contribution is 2.77. The Bertz CT molecular complexity index is 1620. The Labute approximate surface area is 264 Å². The van der Waals surface area contributed by atoms with Crippen LogP contribution in [-0.2, 0) is 9.59 Å². The highest BCUT2D eigenvalue weighted by Gasteiger charge is 2.88. The van der Waals surface area contributed by atoms with Gasteiger partial charge in [0.2, 0.25) is 0 Å². The maximum atomic E-state index is 13.9. The Morgan fingerprint density at radius 3 is 1.79 bits per heavy atom. The number of Topliss-reactive ketones (excluding diaryl/α,β-unsaturated/α-hetero) is 1. The van der Waals surface area contributed by atoms with Crippen molar-refractivity contribution in [3.05, 3.63) is 90.0 Å². The van der Waals surface area contributed by atoms with E-state index in [4.69, 9.17) is 69.6 Å². The van der Waals surface area contributed by atoms with E-state index in [1.807, 2.05) is 0 Å². The largest absolute Gasteiger partial charge is 0.292 e. The summed E-state index contributed by atoms with van der Waals surface area (Å²) >= 11 is 39.1. The molecule has 42 heavy (non-hydrogen) atoms. The van der Waals surface area contributed by atoms with Gasteiger partial charge in [0.05, 0.1) is 31.7 Å². The van der Waals surface area contributed by atoms with E-state index < -0.39 is 71.5 Å². The Balaban J connectivity index is 1.59. The van der Waals surface area contributed by atoms with Crippen LogP contribution in [0.1, 0.15) is 20.7 Å². The van der Waals surface area contributed by atoms with Crippen molar-refractivity contribution in [2.24, 2.45) is 11.8 Å². The minimum Gasteiger partial charge on any atom is -0.292 e. The number of hydrogen-bond acceptors (Lipinski definition) is 8. The third kappa shape index (κ3) is 3.89. The average molecular weight is 697 g/mol. The van der Waals surface area contributed by atoms with Crippen LogP contribution in [-0.4, -0.2) is 64.0 Å². The number of alkyl halides is 4. The minimum absolute atomic E-state index is 0.221. The second-order valence-electron chi connectivity index (χ2n) is 9.47. The summed E-state index contributed by atoms with van der Waals surface area (Å²) in [6, 6.07) is 8.62. The van der Waals surface area contributed by atoms with Gasteiger partial charge < -0.3 is 0 Å². The number of halogens is 6. The molecular formula is C24H12Cl6N4O8. The summed E-state index contributed by atoms with van der Waals surface area (Å²) in [6.45, 7) is -0.986. The lowest BCUT2D eigenvalue weighted by Gasteiger charge is -2.36. The second-order valence-corrected chi connectivity index (χ2v) is 12.7. The number of hydrazine groups is 1. The van der Waals surface area contributed by atoms with Crippen LogP contribution in [0.25, 0.3) is 0 Å². The number of allylic oxidation sites excluding steroid dienone is 2. The summed E-state index contributed by atoms with van der Waals surface area (Å²) in [5.41, 5.74) is -1.28. The number of fused-ring (bicyclic) bond motifs is 5. The fourth-order valence-electron chi connectivity index (χ4n) is 5.35. The van der Waals surface area contributed by atoms with Crippen molar-refractivity contribution >= 4 is 104 Å². The van der Waals surface area contributed by atoms with Crippen molar-refractivity contribution in [2.75, 3.05) is 6.54 Å². The summed E-state index contributed by atoms with van der Waals surface area (Å²) in [5.74, 6) is -7.56. The molecule has 3 aliphatic rings. The topological polar surface area (TPSA) is 161 Å². The van der Waals surface area contributed by atoms with Crippen molar-refractivity contribution in [2.45, 2.75) is 14.1 Å². The van der Waals surface area contributed by atoms with Gasteiger partial charge in [0.25, 0.3) is 29.1 Å². The molecule has 1 aliphatic heterocycles. The first-order valence-electron chi connectivity index (χ1n) is 11.5. The molecule has 0 aromatic heterocycles. The fourth-order valence-corrected chi connectivity index (χ4v) is 8.28. The molecular weight excluding hydrogens is 685 g/mol. The first kappa shape index (κ1) is 30.5. The third-order valence-electron chi connectivity index (χ3n) is 7.36. The van der Waals surface area contributed by atoms with Crippen LogP contribution in [0.15, 0.2) is 58.6 Å². The first-order valence-corrected chi connectivity index (χ1v) is 13.8. The summed E-state index contributed by atoms with van der Waals surface area (Å²) < 4.78 is -2.25. The summed E-state index contributed by atoms with van der Waals surface area (Å²) in [6.07, 6.45) is 0. The lowest BCUT2D eigenvalue weighted by molar-refractivity contribution is -0.385. The highest BCUT2D eigenvalue weighted by atomic mass is 35.5. The number of carbonyl (C=O) groups is 4. The molecule has 2 fully saturated rings. The molecule has 0 spiro atoms. The molecule has 1 heterocycles. The van der Waals surface area contributed by atoms with Gasteiger partial charge in [-0.2, -0.15) is 5.01 Å². The van der Waals surface area contributed by atoms with Gasteiger partial charge in [0, 0.05) is 35.4 Å². The Morgan fingerprint density at radius 1 is 0.810 bits per heavy atom. The number of nitro benzene ring substituents is 2. The first-order chi connectivity index (χ1) is 19.5. The van der Waals surface area contributed by atoms with Crippen molar-refractivity contribution in [3.63, 3.8) is 0 Å². The number of imide groups is 1. The Kier molecular flexibility index (Phi) is 7.28. The fraction of sp³-hybridized carbons (Fsp3) is 0.250. The number of amides is 3. The molecule has 2 aromatic rings. The number of nitrogens with zero attached hydrogens (tertiary/aromatic N) is 4. The lowest BCUT2D eigenvalue weighted by Crippen LogP contribution is -2.56. The van der Waals surface area contributed by atoms with E-state index in [1.165, 1.54) is 12.1 Å². The monoisotopic (exact) mass is 694 g/mol. The Morgan fingerprint density at radius 2 is 1.31 bits per heavy atom. The smallest absolute Gasteiger partial charge is 0.273 e. The van der Waals surface area contributed by atoms with Gasteiger partial charge in [-0.1, -0.05) is 58.5 Å². The molecule has 2 aromatic carbocycles. The zero-order valence-electron chi connectivity index (χ0n) is 20.3. The molecule has 0 N–H and O–H groups in total. The van der Waals surface area contributed by atoms with Gasteiger partial charge in [-0.15, -0.1) is 23.2 Å². The number of carbonyl (C=O) groups excluding carboxylic acids is 4. The molecule has 12 nitrogen and oxygen atoms in total. The zero-order chi connectivity index (χ0) is 31.1. The molecule has 1 saturated carbocycles. The quantitative estimate of drug-likeness (QED) is 0.126. The summed E-state index contributed by atoms with van der Waals surface area (Å²) in [4.78, 5) is 71.3. The van der Waals surface area contributed by atoms with Crippen molar-refractivity contribution in [1.82, 2.24) is 10.0 Å². The van der Waals surface area contributed by atoms with Gasteiger partial charge in [0.15, 0.2) is 10.1 Å². The molecule has 2 bridgehead atoms. The summed E-state index contributed by atoms with van der Waals surface area (Å²) in [7, 11) is 0. The van der Waals surface area contributed by atoms with E-state index in [9.17, 15) is 39.4 Å². The highest BCUT2D eigenvalue weighted by molar-refractivity contribution is 6.66. The predicted octanol–water partition coefficient (Wildman–Crippen LogP) is 5.19. The van der Waals surface area contributed by atoms with E-state index in [-0.39, 0.29) is 26.9 Å². The number of non-ortho nitro benzene ring substituents is 2. The summed E-state index contributed by atoms with van der Waals surface area (Å²) in [5, 5.41) is 22.4. The maximum Gasteiger partial charge on any atom is 0.273 e. The van der Waals surface area contributed by atoms with Gasteiger partial charge >= 0.3 is 0 Å². The third-order valence-corrected chi connectivity index (χ3v) is 11.6.